The number of ether oxygens (including phenoxy) is 2. The lowest BCUT2D eigenvalue weighted by molar-refractivity contribution is 0.0484. The maximum atomic E-state index is 13.9. The third-order valence-electron chi connectivity index (χ3n) is 7.75. The summed E-state index contributed by atoms with van der Waals surface area (Å²) in [5.41, 5.74) is 7.63. The summed E-state index contributed by atoms with van der Waals surface area (Å²) in [6.45, 7) is 9.48. The summed E-state index contributed by atoms with van der Waals surface area (Å²) in [6.07, 6.45) is 6.59. The number of hydrogen-bond donors (Lipinski definition) is 2. The van der Waals surface area contributed by atoms with Crippen LogP contribution in [0.4, 0.5) is 4.79 Å². The second kappa shape index (κ2) is 13.5. The Kier molecular flexibility index (Phi) is 9.96. The molecule has 11 nitrogen and oxygen atoms in total. The van der Waals surface area contributed by atoms with Gasteiger partial charge in [0.25, 0.3) is 11.5 Å². The van der Waals surface area contributed by atoms with Gasteiger partial charge < -0.3 is 25.1 Å². The number of carbonyl (C=O) groups excluding carboxylic acids is 3. The number of primary amides is 1. The molecule has 2 atom stereocenters. The van der Waals surface area contributed by atoms with Crippen molar-refractivity contribution in [3.05, 3.63) is 69.4 Å². The lowest BCUT2D eigenvalue weighted by Gasteiger charge is -2.31. The van der Waals surface area contributed by atoms with E-state index in [-0.39, 0.29) is 40.9 Å². The molecule has 2 aromatic heterocycles. The van der Waals surface area contributed by atoms with Gasteiger partial charge in [-0.15, -0.1) is 0 Å². The van der Waals surface area contributed by atoms with Crippen LogP contribution >= 0.6 is 0 Å². The van der Waals surface area contributed by atoms with E-state index in [1.54, 1.807) is 24.3 Å². The summed E-state index contributed by atoms with van der Waals surface area (Å²) >= 11 is 0. The Bertz CT molecular complexity index is 1640. The minimum Gasteiger partial charge on any atom is -0.497 e. The van der Waals surface area contributed by atoms with Gasteiger partial charge in [-0.1, -0.05) is 30.2 Å². The minimum atomic E-state index is -0.669. The van der Waals surface area contributed by atoms with Crippen molar-refractivity contribution in [1.82, 2.24) is 19.4 Å². The van der Waals surface area contributed by atoms with Crippen molar-refractivity contribution < 1.29 is 23.9 Å². The van der Waals surface area contributed by atoms with E-state index >= 15 is 0 Å². The van der Waals surface area contributed by atoms with Gasteiger partial charge in [-0.25, -0.2) is 9.78 Å². The molecule has 0 aliphatic heterocycles. The Hall–Kier alpha value is -4.41. The van der Waals surface area contributed by atoms with Crippen LogP contribution in [-0.2, 0) is 24.2 Å². The molecule has 3 aromatic rings. The van der Waals surface area contributed by atoms with Crippen LogP contribution in [-0.4, -0.2) is 50.7 Å². The van der Waals surface area contributed by atoms with Gasteiger partial charge in [0.15, 0.2) is 5.78 Å². The number of Topliss-reactive ketones (excluding diaryl/α,β-unsaturated/α-hetero) is 1. The monoisotopic (exact) mass is 605 g/mol. The van der Waals surface area contributed by atoms with E-state index in [0.29, 0.717) is 36.4 Å². The Morgan fingerprint density at radius 3 is 2.59 bits per heavy atom. The van der Waals surface area contributed by atoms with E-state index in [1.165, 1.54) is 18.0 Å². The molecule has 2 unspecified atom stereocenters. The molecule has 1 aliphatic carbocycles. The van der Waals surface area contributed by atoms with Crippen LogP contribution in [0.25, 0.3) is 11.0 Å². The molecule has 0 bridgehead atoms. The van der Waals surface area contributed by atoms with Crippen molar-refractivity contribution >= 4 is 28.8 Å². The molecular weight excluding hydrogens is 562 g/mol. The van der Waals surface area contributed by atoms with Gasteiger partial charge in [-0.05, 0) is 78.4 Å². The van der Waals surface area contributed by atoms with E-state index in [2.05, 4.69) is 10.3 Å². The molecule has 1 fully saturated rings. The first-order valence-corrected chi connectivity index (χ1v) is 15.0. The third-order valence-corrected chi connectivity index (χ3v) is 7.75. The number of carbonyl (C=O) groups is 3. The van der Waals surface area contributed by atoms with Gasteiger partial charge in [0.2, 0.25) is 0 Å². The molecule has 0 saturated heterocycles. The Morgan fingerprint density at radius 1 is 1.18 bits per heavy atom. The number of nitrogens with zero attached hydrogens (tertiary/aromatic N) is 3. The number of benzene rings is 1. The van der Waals surface area contributed by atoms with E-state index in [1.807, 2.05) is 45.3 Å². The fourth-order valence-electron chi connectivity index (χ4n) is 5.77. The number of alkyl carbamates (subject to hydrolysis) is 1. The van der Waals surface area contributed by atoms with Crippen LogP contribution in [0.3, 0.4) is 0 Å². The average Bonchev–Trinajstić information content (AvgIpc) is 3.26. The highest BCUT2D eigenvalue weighted by Gasteiger charge is 2.30. The summed E-state index contributed by atoms with van der Waals surface area (Å²) in [6, 6.07) is 6.66. The van der Waals surface area contributed by atoms with Crippen LogP contribution < -0.4 is 21.3 Å². The van der Waals surface area contributed by atoms with Gasteiger partial charge in [0.05, 0.1) is 25.5 Å². The molecule has 3 N–H and O–H groups in total. The van der Waals surface area contributed by atoms with Crippen molar-refractivity contribution in [2.75, 3.05) is 7.11 Å². The highest BCUT2D eigenvalue weighted by atomic mass is 16.6. The zero-order chi connectivity index (χ0) is 32.2. The van der Waals surface area contributed by atoms with Gasteiger partial charge in [-0.2, -0.15) is 0 Å². The maximum Gasteiger partial charge on any atom is 0.407 e. The number of amides is 2. The van der Waals surface area contributed by atoms with E-state index in [4.69, 9.17) is 15.2 Å². The van der Waals surface area contributed by atoms with Crippen LogP contribution in [0.2, 0.25) is 0 Å². The first-order valence-electron chi connectivity index (χ1n) is 15.0. The summed E-state index contributed by atoms with van der Waals surface area (Å²) in [5.74, 6) is -0.296. The highest BCUT2D eigenvalue weighted by Crippen LogP contribution is 2.32. The van der Waals surface area contributed by atoms with Gasteiger partial charge in [-0.3, -0.25) is 19.0 Å². The molecule has 236 valence electrons. The maximum absolute atomic E-state index is 13.9. The average molecular weight is 606 g/mol. The molecule has 44 heavy (non-hydrogen) atoms. The number of nitrogens with one attached hydrogen (secondary N) is 1. The van der Waals surface area contributed by atoms with Crippen LogP contribution in [0.15, 0.2) is 47.0 Å². The standard InChI is InChI=1S/C33H43N5O6/c1-20(2)13-14-38-25(16-21-9-7-11-23(15-21)36-32(42)44-33(3,4)5)27(30(34)40)28-29(38)31(41)37(19-35-28)18-26(39)22-10-8-12-24(17-22)43-6/h8,10,12-13,17,19,21,23H,7,9,11,14-16,18H2,1-6H3,(H2,34,40)(H,36,42). The summed E-state index contributed by atoms with van der Waals surface area (Å²) in [7, 11) is 1.52. The second-order valence-electron chi connectivity index (χ2n) is 12.7. The van der Waals surface area contributed by atoms with Gasteiger partial charge in [0, 0.05) is 23.8 Å². The fourth-order valence-corrected chi connectivity index (χ4v) is 5.77. The predicted octanol–water partition coefficient (Wildman–Crippen LogP) is 4.78. The molecule has 0 radical (unpaired) electrons. The molecular formula is C33H43N5O6. The lowest BCUT2D eigenvalue weighted by Crippen LogP contribution is -2.41. The largest absolute Gasteiger partial charge is 0.497 e. The molecule has 1 aromatic carbocycles. The smallest absolute Gasteiger partial charge is 0.407 e. The number of hydrogen-bond acceptors (Lipinski definition) is 7. The quantitative estimate of drug-likeness (QED) is 0.250. The van der Waals surface area contributed by atoms with Gasteiger partial charge >= 0.3 is 6.09 Å². The van der Waals surface area contributed by atoms with Crippen LogP contribution in [0.5, 0.6) is 5.75 Å². The lowest BCUT2D eigenvalue weighted by atomic mass is 9.82. The van der Waals surface area contributed by atoms with Crippen molar-refractivity contribution in [3.63, 3.8) is 0 Å². The van der Waals surface area contributed by atoms with Crippen molar-refractivity contribution in [2.24, 2.45) is 11.7 Å². The number of ketones is 1. The third kappa shape index (κ3) is 7.75. The van der Waals surface area contributed by atoms with E-state index in [9.17, 15) is 19.2 Å². The first kappa shape index (κ1) is 32.5. The number of nitrogens with two attached hydrogens (primary N) is 1. The zero-order valence-corrected chi connectivity index (χ0v) is 26.4. The van der Waals surface area contributed by atoms with Crippen LogP contribution in [0.1, 0.15) is 86.7 Å². The van der Waals surface area contributed by atoms with Crippen molar-refractivity contribution in [2.45, 2.75) is 91.5 Å². The first-order chi connectivity index (χ1) is 20.8. The SMILES string of the molecule is COc1cccc(C(=O)Cn2cnc3c(C(N)=O)c(CC4CCCC(NC(=O)OC(C)(C)C)C4)n(CC=C(C)C)c3c2=O)c1. The molecule has 1 saturated carbocycles. The van der Waals surface area contributed by atoms with Crippen molar-refractivity contribution in [3.8, 4) is 5.75 Å². The second-order valence-corrected chi connectivity index (χ2v) is 12.7. The zero-order valence-electron chi connectivity index (χ0n) is 26.4. The Morgan fingerprint density at radius 2 is 1.93 bits per heavy atom. The van der Waals surface area contributed by atoms with Crippen molar-refractivity contribution in [1.29, 1.82) is 0 Å². The summed E-state index contributed by atoms with van der Waals surface area (Å²) in [4.78, 5) is 56.9. The number of fused-ring (bicyclic) bond motifs is 1. The normalized spacial score (nSPS) is 16.8. The number of aromatic nitrogens is 3. The summed E-state index contributed by atoms with van der Waals surface area (Å²) < 4.78 is 13.8. The molecule has 11 heteroatoms. The molecule has 2 amide bonds. The van der Waals surface area contributed by atoms with Gasteiger partial charge in [0.1, 0.15) is 22.4 Å². The molecule has 2 heterocycles. The summed E-state index contributed by atoms with van der Waals surface area (Å²) in [5, 5.41) is 2.99. The Balaban J connectivity index is 1.71. The number of methoxy groups -OCH3 is 1. The van der Waals surface area contributed by atoms with Crippen LogP contribution in [0, 0.1) is 5.92 Å². The molecule has 0 spiro atoms. The van der Waals surface area contributed by atoms with E-state index < -0.39 is 23.2 Å². The molecule has 1 aliphatic rings. The topological polar surface area (TPSA) is 148 Å². The highest BCUT2D eigenvalue weighted by molar-refractivity contribution is 6.06. The Labute approximate surface area is 257 Å². The number of allylic oxidation sites excluding steroid dienone is 2. The molecule has 4 rings (SSSR count). The minimum absolute atomic E-state index is 0.0748. The fraction of sp³-hybridized carbons (Fsp3) is 0.485. The predicted molar refractivity (Wildman–Crippen MR) is 168 cm³/mol. The number of rotatable bonds is 10. The van der Waals surface area contributed by atoms with E-state index in [0.717, 1.165) is 24.8 Å².